The van der Waals surface area contributed by atoms with Crippen molar-refractivity contribution in [3.8, 4) is 0 Å². The van der Waals surface area contributed by atoms with Crippen LogP contribution in [-0.2, 0) is 16.6 Å². The van der Waals surface area contributed by atoms with Crippen molar-refractivity contribution < 1.29 is 18.3 Å². The Morgan fingerprint density at radius 2 is 2.29 bits per heavy atom. The van der Waals surface area contributed by atoms with Crippen molar-refractivity contribution in [1.82, 2.24) is 14.5 Å². The van der Waals surface area contributed by atoms with Gasteiger partial charge in [0.15, 0.2) is 5.03 Å². The Labute approximate surface area is 125 Å². The Kier molecular flexibility index (Phi) is 3.56. The molecule has 2 aromatic rings. The molecule has 112 valence electrons. The van der Waals surface area contributed by atoms with E-state index in [1.165, 1.54) is 15.6 Å². The molecule has 2 N–H and O–H groups in total. The van der Waals surface area contributed by atoms with E-state index in [1.807, 2.05) is 16.8 Å². The average molecular weight is 327 g/mol. The standard InChI is InChI=1S/C12H13N3O4S2/c16-12(17)10-5-13-14-11(10)21(18,19)15(9-1-2-9)6-8-3-4-20-7-8/h3-5,7,9H,1-2,6H2,(H,13,14)(H,16,17). The van der Waals surface area contributed by atoms with Crippen LogP contribution in [0.3, 0.4) is 0 Å². The highest BCUT2D eigenvalue weighted by molar-refractivity contribution is 7.89. The van der Waals surface area contributed by atoms with Gasteiger partial charge in [0.05, 0.1) is 6.20 Å². The second-order valence-corrected chi connectivity index (χ2v) is 7.44. The summed E-state index contributed by atoms with van der Waals surface area (Å²) in [4.78, 5) is 11.1. The normalized spacial score (nSPS) is 15.5. The fourth-order valence-electron chi connectivity index (χ4n) is 2.08. The number of carbonyl (C=O) groups is 1. The molecule has 21 heavy (non-hydrogen) atoms. The largest absolute Gasteiger partial charge is 0.478 e. The van der Waals surface area contributed by atoms with Crippen molar-refractivity contribution in [2.45, 2.75) is 30.5 Å². The SMILES string of the molecule is O=C(O)c1cn[nH]c1S(=O)(=O)N(Cc1ccsc1)C1CC1. The number of sulfonamides is 1. The fraction of sp³-hybridized carbons (Fsp3) is 0.333. The Hall–Kier alpha value is -1.71. The molecule has 0 bridgehead atoms. The highest BCUT2D eigenvalue weighted by Gasteiger charge is 2.40. The van der Waals surface area contributed by atoms with Crippen LogP contribution in [0.4, 0.5) is 0 Å². The van der Waals surface area contributed by atoms with E-state index in [2.05, 4.69) is 10.2 Å². The summed E-state index contributed by atoms with van der Waals surface area (Å²) in [6.07, 6.45) is 2.60. The highest BCUT2D eigenvalue weighted by Crippen LogP contribution is 2.34. The second-order valence-electron chi connectivity index (χ2n) is 4.83. The third-order valence-electron chi connectivity index (χ3n) is 3.27. The van der Waals surface area contributed by atoms with Gasteiger partial charge in [-0.3, -0.25) is 5.10 Å². The number of aromatic carboxylic acids is 1. The molecule has 7 nitrogen and oxygen atoms in total. The van der Waals surface area contributed by atoms with Crippen LogP contribution in [0.25, 0.3) is 0 Å². The van der Waals surface area contributed by atoms with Crippen LogP contribution in [0, 0.1) is 0 Å². The summed E-state index contributed by atoms with van der Waals surface area (Å²) < 4.78 is 26.8. The minimum absolute atomic E-state index is 0.0696. The molecule has 0 aliphatic heterocycles. The molecule has 3 rings (SSSR count). The molecule has 0 atom stereocenters. The van der Waals surface area contributed by atoms with Gasteiger partial charge in [0.2, 0.25) is 0 Å². The number of nitrogens with one attached hydrogen (secondary N) is 1. The lowest BCUT2D eigenvalue weighted by atomic mass is 10.3. The number of aromatic nitrogens is 2. The third-order valence-corrected chi connectivity index (χ3v) is 5.88. The highest BCUT2D eigenvalue weighted by atomic mass is 32.2. The van der Waals surface area contributed by atoms with E-state index >= 15 is 0 Å². The van der Waals surface area contributed by atoms with E-state index in [9.17, 15) is 13.2 Å². The van der Waals surface area contributed by atoms with E-state index in [-0.39, 0.29) is 23.2 Å². The number of H-pyrrole nitrogens is 1. The predicted molar refractivity (Wildman–Crippen MR) is 75.6 cm³/mol. The molecule has 0 saturated heterocycles. The predicted octanol–water partition coefficient (Wildman–Crippen LogP) is 1.52. The van der Waals surface area contributed by atoms with Crippen molar-refractivity contribution in [2.24, 2.45) is 0 Å². The molecule has 0 unspecified atom stereocenters. The first-order valence-electron chi connectivity index (χ1n) is 6.29. The van der Waals surface area contributed by atoms with Crippen LogP contribution in [0.5, 0.6) is 0 Å². The fourth-order valence-corrected chi connectivity index (χ4v) is 4.48. The van der Waals surface area contributed by atoms with Gasteiger partial charge in [0, 0.05) is 12.6 Å². The monoisotopic (exact) mass is 327 g/mol. The lowest BCUT2D eigenvalue weighted by molar-refractivity contribution is 0.0692. The molecule has 0 radical (unpaired) electrons. The zero-order chi connectivity index (χ0) is 15.0. The van der Waals surface area contributed by atoms with Gasteiger partial charge in [0.1, 0.15) is 5.56 Å². The molecule has 0 spiro atoms. The summed E-state index contributed by atoms with van der Waals surface area (Å²) in [7, 11) is -3.91. The van der Waals surface area contributed by atoms with E-state index in [4.69, 9.17) is 5.11 Å². The number of carboxylic acid groups (broad SMARTS) is 1. The van der Waals surface area contributed by atoms with Crippen molar-refractivity contribution in [3.63, 3.8) is 0 Å². The van der Waals surface area contributed by atoms with Crippen LogP contribution in [0.15, 0.2) is 28.0 Å². The Balaban J connectivity index is 1.97. The van der Waals surface area contributed by atoms with Gasteiger partial charge in [-0.25, -0.2) is 13.2 Å². The molecule has 1 aliphatic rings. The molecular weight excluding hydrogens is 314 g/mol. The van der Waals surface area contributed by atoms with E-state index in [1.54, 1.807) is 0 Å². The zero-order valence-electron chi connectivity index (χ0n) is 10.9. The maximum absolute atomic E-state index is 12.7. The summed E-state index contributed by atoms with van der Waals surface area (Å²) in [5.41, 5.74) is 0.567. The van der Waals surface area contributed by atoms with Gasteiger partial charge in [-0.2, -0.15) is 20.7 Å². The van der Waals surface area contributed by atoms with Gasteiger partial charge >= 0.3 is 5.97 Å². The topological polar surface area (TPSA) is 103 Å². The smallest absolute Gasteiger partial charge is 0.340 e. The van der Waals surface area contributed by atoms with Crippen LogP contribution in [0.1, 0.15) is 28.8 Å². The number of nitrogens with zero attached hydrogens (tertiary/aromatic N) is 2. The molecule has 0 aromatic carbocycles. The molecule has 1 aliphatic carbocycles. The molecule has 1 saturated carbocycles. The van der Waals surface area contributed by atoms with Crippen molar-refractivity contribution in [3.05, 3.63) is 34.2 Å². The Morgan fingerprint density at radius 1 is 1.52 bits per heavy atom. The van der Waals surface area contributed by atoms with Crippen molar-refractivity contribution >= 4 is 27.3 Å². The molecule has 9 heteroatoms. The lowest BCUT2D eigenvalue weighted by Gasteiger charge is -2.20. The lowest BCUT2D eigenvalue weighted by Crippen LogP contribution is -2.33. The molecular formula is C12H13N3O4S2. The van der Waals surface area contributed by atoms with E-state index in [0.29, 0.717) is 0 Å². The molecule has 2 heterocycles. The van der Waals surface area contributed by atoms with E-state index < -0.39 is 16.0 Å². The molecule has 0 amide bonds. The Morgan fingerprint density at radius 3 is 2.86 bits per heavy atom. The summed E-state index contributed by atoms with van der Waals surface area (Å²) in [5, 5.41) is 18.4. The Bertz CT molecular complexity index is 747. The van der Waals surface area contributed by atoms with Gasteiger partial charge < -0.3 is 5.11 Å². The number of carboxylic acids is 1. The maximum atomic E-state index is 12.7. The first kappa shape index (κ1) is 14.2. The van der Waals surface area contributed by atoms with Gasteiger partial charge in [0.25, 0.3) is 10.0 Å². The summed E-state index contributed by atoms with van der Waals surface area (Å²) in [6, 6.07) is 1.79. The second kappa shape index (κ2) is 5.24. The first-order valence-corrected chi connectivity index (χ1v) is 8.68. The minimum Gasteiger partial charge on any atom is -0.478 e. The summed E-state index contributed by atoms with van der Waals surface area (Å²) >= 11 is 1.49. The van der Waals surface area contributed by atoms with Crippen LogP contribution in [-0.4, -0.2) is 40.0 Å². The van der Waals surface area contributed by atoms with Crippen LogP contribution >= 0.6 is 11.3 Å². The van der Waals surface area contributed by atoms with Crippen LogP contribution < -0.4 is 0 Å². The quantitative estimate of drug-likeness (QED) is 0.837. The van der Waals surface area contributed by atoms with Crippen LogP contribution in [0.2, 0.25) is 0 Å². The summed E-state index contributed by atoms with van der Waals surface area (Å²) in [6.45, 7) is 0.245. The van der Waals surface area contributed by atoms with Crippen molar-refractivity contribution in [1.29, 1.82) is 0 Å². The molecule has 2 aromatic heterocycles. The van der Waals surface area contributed by atoms with Gasteiger partial charge in [-0.15, -0.1) is 0 Å². The van der Waals surface area contributed by atoms with Gasteiger partial charge in [-0.1, -0.05) is 0 Å². The summed E-state index contributed by atoms with van der Waals surface area (Å²) in [5.74, 6) is -1.31. The number of rotatable bonds is 6. The maximum Gasteiger partial charge on any atom is 0.340 e. The van der Waals surface area contributed by atoms with E-state index in [0.717, 1.165) is 24.6 Å². The van der Waals surface area contributed by atoms with Gasteiger partial charge in [-0.05, 0) is 35.2 Å². The number of hydrogen-bond acceptors (Lipinski definition) is 5. The first-order chi connectivity index (χ1) is 10.00. The molecule has 1 fully saturated rings. The van der Waals surface area contributed by atoms with Crippen molar-refractivity contribution in [2.75, 3.05) is 0 Å². The number of aromatic amines is 1. The number of hydrogen-bond donors (Lipinski definition) is 2. The zero-order valence-corrected chi connectivity index (χ0v) is 12.5. The number of thiophene rings is 1. The third kappa shape index (κ3) is 2.71. The minimum atomic E-state index is -3.91. The average Bonchev–Trinajstić information content (AvgIpc) is 2.95.